The van der Waals surface area contributed by atoms with Gasteiger partial charge in [-0.05, 0) is 47.1 Å². The Morgan fingerprint density at radius 3 is 2.80 bits per heavy atom. The molecule has 1 aromatic heterocycles. The largest absolute Gasteiger partial charge is 0.496 e. The molecule has 5 heteroatoms. The molecule has 1 N–H and O–H groups in total. The maximum atomic E-state index is 5.29. The van der Waals surface area contributed by atoms with Crippen molar-refractivity contribution in [2.75, 3.05) is 13.7 Å². The summed E-state index contributed by atoms with van der Waals surface area (Å²) in [5.74, 6) is 1.87. The number of aryl methyl sites for hydroxylation is 1. The van der Waals surface area contributed by atoms with Crippen LogP contribution in [-0.2, 0) is 6.54 Å². The Balaban J connectivity index is 2.40. The summed E-state index contributed by atoms with van der Waals surface area (Å²) in [6.45, 7) is 6.02. The molecule has 1 heterocycles. The predicted molar refractivity (Wildman–Crippen MR) is 84.1 cm³/mol. The number of aromatic nitrogens is 2. The summed E-state index contributed by atoms with van der Waals surface area (Å²) in [6, 6.07) is 6.22. The predicted octanol–water partition coefficient (Wildman–Crippen LogP) is 3.37. The van der Waals surface area contributed by atoms with E-state index >= 15 is 0 Å². The Morgan fingerprint density at radius 1 is 1.40 bits per heavy atom. The van der Waals surface area contributed by atoms with Crippen LogP contribution in [0.2, 0.25) is 0 Å². The van der Waals surface area contributed by atoms with Crippen molar-refractivity contribution >= 4 is 15.9 Å². The average Bonchev–Trinajstić information content (AvgIpc) is 2.92. The summed E-state index contributed by atoms with van der Waals surface area (Å²) >= 11 is 3.55. The van der Waals surface area contributed by atoms with Crippen LogP contribution in [0.5, 0.6) is 5.75 Å². The van der Waals surface area contributed by atoms with Crippen LogP contribution >= 0.6 is 15.9 Å². The molecule has 0 fully saturated rings. The summed E-state index contributed by atoms with van der Waals surface area (Å²) in [4.78, 5) is 4.51. The normalized spacial score (nSPS) is 12.4. The number of nitrogens with one attached hydrogen (secondary N) is 1. The van der Waals surface area contributed by atoms with E-state index in [0.29, 0.717) is 0 Å². The van der Waals surface area contributed by atoms with Crippen LogP contribution in [0.3, 0.4) is 0 Å². The minimum absolute atomic E-state index is 0.0807. The smallest absolute Gasteiger partial charge is 0.133 e. The van der Waals surface area contributed by atoms with Gasteiger partial charge in [0.1, 0.15) is 11.6 Å². The molecule has 1 unspecified atom stereocenters. The molecule has 1 aromatic carbocycles. The lowest BCUT2D eigenvalue weighted by Crippen LogP contribution is -2.25. The molecule has 0 saturated carbocycles. The summed E-state index contributed by atoms with van der Waals surface area (Å²) in [5, 5.41) is 3.50. The molecule has 2 aromatic rings. The lowest BCUT2D eigenvalue weighted by Gasteiger charge is -2.20. The van der Waals surface area contributed by atoms with Gasteiger partial charge in [0.2, 0.25) is 0 Å². The fraction of sp³-hybridized carbons (Fsp3) is 0.400. The monoisotopic (exact) mass is 337 g/mol. The SMILES string of the molecule is CCNC(c1ccc(OC)c(Br)c1)c1nccn1CC. The van der Waals surface area contributed by atoms with Crippen molar-refractivity contribution in [3.05, 3.63) is 46.5 Å². The summed E-state index contributed by atoms with van der Waals surface area (Å²) in [6.07, 6.45) is 3.86. The van der Waals surface area contributed by atoms with Crippen molar-refractivity contribution in [3.63, 3.8) is 0 Å². The Morgan fingerprint density at radius 2 is 2.20 bits per heavy atom. The third-order valence-corrected chi connectivity index (χ3v) is 3.88. The molecular weight excluding hydrogens is 318 g/mol. The Hall–Kier alpha value is -1.33. The molecule has 0 aliphatic rings. The molecule has 1 atom stereocenters. The van der Waals surface area contributed by atoms with Crippen LogP contribution in [0.1, 0.15) is 31.3 Å². The van der Waals surface area contributed by atoms with E-state index in [-0.39, 0.29) is 6.04 Å². The van der Waals surface area contributed by atoms with Crippen molar-refractivity contribution in [1.29, 1.82) is 0 Å². The van der Waals surface area contributed by atoms with E-state index in [4.69, 9.17) is 4.74 Å². The minimum atomic E-state index is 0.0807. The van der Waals surface area contributed by atoms with Crippen LogP contribution in [0.15, 0.2) is 35.1 Å². The van der Waals surface area contributed by atoms with Gasteiger partial charge in [-0.3, -0.25) is 0 Å². The van der Waals surface area contributed by atoms with Gasteiger partial charge in [-0.2, -0.15) is 0 Å². The molecule has 0 saturated heterocycles. The van der Waals surface area contributed by atoms with E-state index in [1.807, 2.05) is 18.5 Å². The number of hydrogen-bond acceptors (Lipinski definition) is 3. The first-order chi connectivity index (χ1) is 9.71. The van der Waals surface area contributed by atoms with Crippen molar-refractivity contribution in [2.45, 2.75) is 26.4 Å². The van der Waals surface area contributed by atoms with Crippen LogP contribution in [0.4, 0.5) is 0 Å². The van der Waals surface area contributed by atoms with E-state index in [9.17, 15) is 0 Å². The summed E-state index contributed by atoms with van der Waals surface area (Å²) < 4.78 is 8.40. The maximum absolute atomic E-state index is 5.29. The first-order valence-electron chi connectivity index (χ1n) is 6.79. The number of rotatable bonds is 6. The quantitative estimate of drug-likeness (QED) is 0.878. The van der Waals surface area contributed by atoms with E-state index in [1.165, 1.54) is 5.56 Å². The van der Waals surface area contributed by atoms with Gasteiger partial charge in [0.15, 0.2) is 0 Å². The second kappa shape index (κ2) is 6.90. The number of hydrogen-bond donors (Lipinski definition) is 1. The lowest BCUT2D eigenvalue weighted by atomic mass is 10.1. The van der Waals surface area contributed by atoms with Gasteiger partial charge in [0, 0.05) is 18.9 Å². The van der Waals surface area contributed by atoms with Crippen LogP contribution < -0.4 is 10.1 Å². The summed E-state index contributed by atoms with van der Waals surface area (Å²) in [5.41, 5.74) is 1.17. The Labute approximate surface area is 128 Å². The molecule has 108 valence electrons. The molecule has 4 nitrogen and oxygen atoms in total. The summed E-state index contributed by atoms with van der Waals surface area (Å²) in [7, 11) is 1.67. The molecular formula is C15H20BrN3O. The molecule has 0 aliphatic carbocycles. The van der Waals surface area contributed by atoms with Crippen LogP contribution in [-0.4, -0.2) is 23.2 Å². The maximum Gasteiger partial charge on any atom is 0.133 e. The first kappa shape index (κ1) is 15.1. The van der Waals surface area contributed by atoms with Crippen LogP contribution in [0.25, 0.3) is 0 Å². The molecule has 0 spiro atoms. The number of imidazole rings is 1. The zero-order valence-electron chi connectivity index (χ0n) is 12.1. The third-order valence-electron chi connectivity index (χ3n) is 3.26. The van der Waals surface area contributed by atoms with Gasteiger partial charge < -0.3 is 14.6 Å². The highest BCUT2D eigenvalue weighted by Gasteiger charge is 2.18. The Bertz CT molecular complexity index is 568. The number of nitrogens with zero attached hydrogens (tertiary/aromatic N) is 2. The number of benzene rings is 1. The second-order valence-electron chi connectivity index (χ2n) is 4.46. The van der Waals surface area contributed by atoms with Crippen molar-refractivity contribution in [3.8, 4) is 5.75 Å². The zero-order chi connectivity index (χ0) is 14.5. The molecule has 0 bridgehead atoms. The highest BCUT2D eigenvalue weighted by Crippen LogP contribution is 2.30. The molecule has 2 rings (SSSR count). The minimum Gasteiger partial charge on any atom is -0.496 e. The van der Waals surface area contributed by atoms with Gasteiger partial charge in [-0.1, -0.05) is 13.0 Å². The molecule has 20 heavy (non-hydrogen) atoms. The fourth-order valence-electron chi connectivity index (χ4n) is 2.27. The van der Waals surface area contributed by atoms with Crippen molar-refractivity contribution in [1.82, 2.24) is 14.9 Å². The highest BCUT2D eigenvalue weighted by molar-refractivity contribution is 9.10. The molecule has 0 amide bonds. The number of ether oxygens (including phenoxy) is 1. The Kier molecular flexibility index (Phi) is 5.20. The number of methoxy groups -OCH3 is 1. The van der Waals surface area contributed by atoms with Crippen molar-refractivity contribution in [2.24, 2.45) is 0 Å². The zero-order valence-corrected chi connectivity index (χ0v) is 13.6. The fourth-order valence-corrected chi connectivity index (χ4v) is 2.83. The average molecular weight is 338 g/mol. The van der Waals surface area contributed by atoms with E-state index in [0.717, 1.165) is 29.1 Å². The van der Waals surface area contributed by atoms with Crippen LogP contribution in [0, 0.1) is 0 Å². The molecule has 0 aliphatic heterocycles. The first-order valence-corrected chi connectivity index (χ1v) is 7.58. The lowest BCUT2D eigenvalue weighted by molar-refractivity contribution is 0.411. The van der Waals surface area contributed by atoms with Gasteiger partial charge in [-0.25, -0.2) is 4.98 Å². The van der Waals surface area contributed by atoms with Gasteiger partial charge in [0.05, 0.1) is 17.6 Å². The van der Waals surface area contributed by atoms with Crippen molar-refractivity contribution < 1.29 is 4.74 Å². The molecule has 0 radical (unpaired) electrons. The topological polar surface area (TPSA) is 39.1 Å². The van der Waals surface area contributed by atoms with E-state index in [2.05, 4.69) is 56.8 Å². The van der Waals surface area contributed by atoms with E-state index in [1.54, 1.807) is 7.11 Å². The second-order valence-corrected chi connectivity index (χ2v) is 5.31. The van der Waals surface area contributed by atoms with Gasteiger partial charge in [0.25, 0.3) is 0 Å². The van der Waals surface area contributed by atoms with Gasteiger partial charge in [-0.15, -0.1) is 0 Å². The highest BCUT2D eigenvalue weighted by atomic mass is 79.9. The van der Waals surface area contributed by atoms with Gasteiger partial charge >= 0.3 is 0 Å². The number of halogens is 1. The van der Waals surface area contributed by atoms with E-state index < -0.39 is 0 Å². The third kappa shape index (κ3) is 3.04. The standard InChI is InChI=1S/C15H20BrN3O/c1-4-17-14(15-18-8-9-19(15)5-2)11-6-7-13(20-3)12(16)10-11/h6-10,14,17H,4-5H2,1-3H3.